The first-order chi connectivity index (χ1) is 13.1. The van der Waals surface area contributed by atoms with Crippen LogP contribution in [-0.4, -0.2) is 11.6 Å². The molecule has 1 aromatic carbocycles. The van der Waals surface area contributed by atoms with Crippen LogP contribution in [0.2, 0.25) is 0 Å². The van der Waals surface area contributed by atoms with E-state index in [2.05, 4.69) is 4.90 Å². The van der Waals surface area contributed by atoms with Crippen LogP contribution in [-0.2, 0) is 4.79 Å². The summed E-state index contributed by atoms with van der Waals surface area (Å²) in [5, 5.41) is 11.0. The molecule has 0 radical (unpaired) electrons. The molecule has 0 saturated heterocycles. The molecule has 1 aromatic rings. The molecule has 2 aliphatic heterocycles. The number of hydrogen-bond donors (Lipinski definition) is 1. The van der Waals surface area contributed by atoms with Gasteiger partial charge in [0.25, 0.3) is 5.91 Å². The Hall–Kier alpha value is -2.61. The van der Waals surface area contributed by atoms with Gasteiger partial charge in [-0.2, -0.15) is 5.26 Å². The van der Waals surface area contributed by atoms with Crippen LogP contribution in [0.5, 0.6) is 0 Å². The first-order valence-electron chi connectivity index (χ1n) is 10.1. The van der Waals surface area contributed by atoms with Crippen molar-refractivity contribution in [2.45, 2.75) is 63.5 Å². The van der Waals surface area contributed by atoms with Gasteiger partial charge >= 0.3 is 0 Å². The normalized spacial score (nSPS) is 29.6. The van der Waals surface area contributed by atoms with Crippen LogP contribution in [0.3, 0.4) is 0 Å². The highest BCUT2D eigenvalue weighted by Gasteiger charge is 2.53. The molecule has 1 amide bonds. The number of hydrogen-bond acceptors (Lipinski definition) is 4. The van der Waals surface area contributed by atoms with Crippen molar-refractivity contribution in [2.24, 2.45) is 16.6 Å². The van der Waals surface area contributed by atoms with Crippen LogP contribution in [0, 0.1) is 17.2 Å². The topological polar surface area (TPSA) is 82.5 Å². The fourth-order valence-electron chi connectivity index (χ4n) is 5.72. The van der Waals surface area contributed by atoms with Crippen molar-refractivity contribution in [3.63, 3.8) is 0 Å². The Labute approximate surface area is 158 Å². The third kappa shape index (κ3) is 2.29. The van der Waals surface area contributed by atoms with Crippen LogP contribution in [0.4, 0.5) is 5.69 Å². The van der Waals surface area contributed by atoms with Crippen molar-refractivity contribution in [1.29, 1.82) is 5.26 Å². The average molecular weight is 360 g/mol. The number of allylic oxidation sites excluding steroid dienone is 2. The molecule has 0 aromatic heterocycles. The summed E-state index contributed by atoms with van der Waals surface area (Å²) in [6.07, 6.45) is 10.8. The van der Waals surface area contributed by atoms with Crippen molar-refractivity contribution < 1.29 is 4.79 Å². The number of nitrogens with two attached hydrogens (primary N) is 1. The summed E-state index contributed by atoms with van der Waals surface area (Å²) < 4.78 is 0. The molecule has 2 aliphatic carbocycles. The highest BCUT2D eigenvalue weighted by molar-refractivity contribution is 6.17. The van der Waals surface area contributed by atoms with Crippen LogP contribution in [0.25, 0.3) is 5.57 Å². The summed E-state index contributed by atoms with van der Waals surface area (Å²) in [7, 11) is 0. The zero-order valence-corrected chi connectivity index (χ0v) is 15.5. The van der Waals surface area contributed by atoms with Crippen molar-refractivity contribution in [1.82, 2.24) is 0 Å². The fourth-order valence-corrected chi connectivity index (χ4v) is 5.72. The Kier molecular flexibility index (Phi) is 3.65. The van der Waals surface area contributed by atoms with E-state index in [0.29, 0.717) is 11.1 Å². The second-order valence-corrected chi connectivity index (χ2v) is 8.28. The highest BCUT2D eigenvalue weighted by Crippen LogP contribution is 2.53. The van der Waals surface area contributed by atoms with Gasteiger partial charge in [0.2, 0.25) is 0 Å². The van der Waals surface area contributed by atoms with E-state index in [1.165, 1.54) is 50.6 Å². The minimum Gasteiger partial charge on any atom is -0.365 e. The Bertz CT molecular complexity index is 1030. The molecule has 1 fully saturated rings. The number of amides is 1. The molecule has 5 rings (SSSR count). The summed E-state index contributed by atoms with van der Waals surface area (Å²) in [5.41, 5.74) is 9.41. The molecule has 1 spiro atoms. The first kappa shape index (κ1) is 16.6. The van der Waals surface area contributed by atoms with Gasteiger partial charge in [0, 0.05) is 16.8 Å². The molecule has 0 unspecified atom stereocenters. The Balaban J connectivity index is 1.76. The molecule has 27 heavy (non-hydrogen) atoms. The summed E-state index contributed by atoms with van der Waals surface area (Å²) in [6.45, 7) is 0. The van der Waals surface area contributed by atoms with Crippen molar-refractivity contribution in [3.05, 3.63) is 40.0 Å². The number of carbonyl (C=O) groups is 1. The van der Waals surface area contributed by atoms with E-state index in [1.54, 1.807) is 5.57 Å². The SMILES string of the molecule is N#C/C(C(N)=O)=c1/ccc2c(c1)N1C3=C(CCCC3)C[C@H]3CCCC[C@@]31N=2. The number of nitriles is 1. The minimum atomic E-state index is -0.672. The lowest BCUT2D eigenvalue weighted by atomic mass is 9.70. The smallest absolute Gasteiger partial charge is 0.259 e. The Morgan fingerprint density at radius 3 is 2.93 bits per heavy atom. The number of fused-ring (bicyclic) bond motifs is 3. The van der Waals surface area contributed by atoms with Gasteiger partial charge < -0.3 is 10.6 Å². The molecule has 4 aliphatic rings. The predicted molar refractivity (Wildman–Crippen MR) is 103 cm³/mol. The first-order valence-corrected chi connectivity index (χ1v) is 10.1. The summed E-state index contributed by atoms with van der Waals surface area (Å²) in [6, 6.07) is 7.72. The van der Waals surface area contributed by atoms with E-state index in [1.807, 2.05) is 24.3 Å². The maximum Gasteiger partial charge on any atom is 0.259 e. The zero-order chi connectivity index (χ0) is 18.6. The molecule has 5 nitrogen and oxygen atoms in total. The van der Waals surface area contributed by atoms with E-state index >= 15 is 0 Å². The van der Waals surface area contributed by atoms with Crippen LogP contribution < -0.4 is 21.2 Å². The lowest BCUT2D eigenvalue weighted by Crippen LogP contribution is -2.55. The van der Waals surface area contributed by atoms with E-state index in [-0.39, 0.29) is 11.2 Å². The molecule has 1 saturated carbocycles. The van der Waals surface area contributed by atoms with Gasteiger partial charge in [-0.15, -0.1) is 0 Å². The lowest BCUT2D eigenvalue weighted by molar-refractivity contribution is -0.112. The van der Waals surface area contributed by atoms with Crippen molar-refractivity contribution in [3.8, 4) is 6.07 Å². The van der Waals surface area contributed by atoms with Gasteiger partial charge in [-0.25, -0.2) is 0 Å². The van der Waals surface area contributed by atoms with Gasteiger partial charge in [-0.1, -0.05) is 18.1 Å². The third-order valence-electron chi connectivity index (χ3n) is 6.88. The third-order valence-corrected chi connectivity index (χ3v) is 6.88. The minimum absolute atomic E-state index is 0.0220. The number of carbonyl (C=O) groups excluding carboxylic acids is 1. The van der Waals surface area contributed by atoms with Gasteiger partial charge in [-0.3, -0.25) is 9.79 Å². The molecular weight excluding hydrogens is 336 g/mol. The second kappa shape index (κ2) is 5.95. The fraction of sp³-hybridized carbons (Fsp3) is 0.500. The number of primary amides is 1. The monoisotopic (exact) mass is 360 g/mol. The van der Waals surface area contributed by atoms with Crippen LogP contribution in [0.1, 0.15) is 57.8 Å². The van der Waals surface area contributed by atoms with Crippen molar-refractivity contribution >= 4 is 17.2 Å². The largest absolute Gasteiger partial charge is 0.365 e. The predicted octanol–water partition coefficient (Wildman–Crippen LogP) is 2.40. The zero-order valence-electron chi connectivity index (χ0n) is 15.5. The standard InChI is InChI=1S/C22H24N4O/c23-13-17(21(24)27)14-8-9-18-20(12-14)26-19-7-2-1-5-15(19)11-16-6-3-4-10-22(16,26)25-18/h8-9,12,16H,1-7,10-11H2,(H2,24,27)/b17-14+/t16-,22+/m1/s1. The number of nitrogens with zero attached hydrogens (tertiary/aromatic N) is 3. The van der Waals surface area contributed by atoms with Crippen molar-refractivity contribution in [2.75, 3.05) is 4.90 Å². The van der Waals surface area contributed by atoms with E-state index in [9.17, 15) is 10.1 Å². The average Bonchev–Trinajstić information content (AvgIpc) is 3.00. The van der Waals surface area contributed by atoms with Crippen LogP contribution >= 0.6 is 0 Å². The molecule has 0 bridgehead atoms. The molecular formula is C22H24N4O. The molecule has 2 N–H and O–H groups in total. The van der Waals surface area contributed by atoms with Gasteiger partial charge in [0.15, 0.2) is 0 Å². The molecule has 2 atom stereocenters. The quantitative estimate of drug-likeness (QED) is 0.835. The number of anilines is 1. The maximum absolute atomic E-state index is 11.7. The van der Waals surface area contributed by atoms with Gasteiger partial charge in [0.05, 0.1) is 11.0 Å². The van der Waals surface area contributed by atoms with E-state index < -0.39 is 5.91 Å². The summed E-state index contributed by atoms with van der Waals surface area (Å²) >= 11 is 0. The van der Waals surface area contributed by atoms with Gasteiger partial charge in [-0.05, 0) is 63.5 Å². The van der Waals surface area contributed by atoms with E-state index in [4.69, 9.17) is 10.7 Å². The number of rotatable bonds is 1. The van der Waals surface area contributed by atoms with E-state index in [0.717, 1.165) is 23.9 Å². The summed E-state index contributed by atoms with van der Waals surface area (Å²) in [5.74, 6) is -0.108. The Morgan fingerprint density at radius 2 is 2.11 bits per heavy atom. The lowest BCUT2D eigenvalue weighted by Gasteiger charge is -2.52. The Morgan fingerprint density at radius 1 is 1.26 bits per heavy atom. The maximum atomic E-state index is 11.7. The summed E-state index contributed by atoms with van der Waals surface area (Å²) in [4.78, 5) is 19.5. The molecule has 138 valence electrons. The molecule has 5 heteroatoms. The molecule has 2 heterocycles. The van der Waals surface area contributed by atoms with Crippen LogP contribution in [0.15, 0.2) is 34.5 Å². The highest BCUT2D eigenvalue weighted by atomic mass is 16.1. The number of benzene rings is 1. The van der Waals surface area contributed by atoms with Gasteiger partial charge in [0.1, 0.15) is 17.3 Å². The second-order valence-electron chi connectivity index (χ2n) is 8.28.